The van der Waals surface area contributed by atoms with Crippen LogP contribution in [0.5, 0.6) is 5.75 Å². The molecule has 6 heterocycles. The van der Waals surface area contributed by atoms with Crippen LogP contribution in [0.15, 0.2) is 449 Å². The first kappa shape index (κ1) is 101. The number of pyridine rings is 2. The van der Waals surface area contributed by atoms with Crippen molar-refractivity contribution in [2.75, 3.05) is 0 Å². The number of nitrogens with zero attached hydrogens (tertiary/aromatic N) is 9. The molecule has 14 heteroatoms. The molecule has 0 aliphatic carbocycles. The quantitative estimate of drug-likeness (QED) is 0.0291. The second-order valence-electron chi connectivity index (χ2n) is 38.4. The van der Waals surface area contributed by atoms with E-state index in [9.17, 15) is 15.0 Å². The summed E-state index contributed by atoms with van der Waals surface area (Å²) in [5.74, 6) is 3.75. The number of hydrogen-bond donors (Lipinski definition) is 1. The van der Waals surface area contributed by atoms with Crippen LogP contribution >= 0.6 is 0 Å². The Morgan fingerprint density at radius 1 is 0.383 bits per heavy atom. The van der Waals surface area contributed by atoms with E-state index in [2.05, 4.69) is 391 Å². The van der Waals surface area contributed by atoms with Gasteiger partial charge in [-0.25, -0.2) is 9.97 Å². The van der Waals surface area contributed by atoms with E-state index in [0.717, 1.165) is 131 Å². The SMILES string of the molecule is CCC(CC)C(O)=CC(=O)C(C)(CC)CC.Cc1[c-]c(-c2nccc3cc(C(C)C)ccc23)cc(C)c1.[Ir].[Li+].[O-]c1cccc2cccnc12.c1ccc(-c2nc(-c3ccccc3)nc(-n3c4ccccc4c4ccc5c6ccccc6n(-c6ccccc6)c5c43)n2)cc1.c1ccc(-n2c(-c3ccc(-c4ccc5c(-c6ccc7ccccc7c6)c6ccccc6c(-c6ccc7ccccc7c6)c5c4)cc3)nc3ccccc32)cc1. The van der Waals surface area contributed by atoms with Gasteiger partial charge in [0.05, 0.1) is 44.4 Å². The molecule has 1 N–H and O–H groups in total. The van der Waals surface area contributed by atoms with Crippen molar-refractivity contribution in [3.8, 4) is 102 Å². The Bertz CT molecular complexity index is 9150. The van der Waals surface area contributed by atoms with Crippen LogP contribution < -0.4 is 24.0 Å². The number of carbonyl (C=O) groups excluding carboxylic acids is 1. The van der Waals surface area contributed by atoms with Crippen molar-refractivity contribution in [3.05, 3.63) is 472 Å². The van der Waals surface area contributed by atoms with Crippen molar-refractivity contribution in [1.29, 1.82) is 0 Å². The van der Waals surface area contributed by atoms with Crippen LogP contribution in [-0.4, -0.2) is 54.5 Å². The predicted molar refractivity (Wildman–Crippen MR) is 611 cm³/mol. The first-order chi connectivity index (χ1) is 72.0. The molecular formula is C135H111IrLiN9O3-. The zero-order chi connectivity index (χ0) is 101. The van der Waals surface area contributed by atoms with Crippen molar-refractivity contribution in [2.24, 2.45) is 11.3 Å². The van der Waals surface area contributed by atoms with E-state index < -0.39 is 0 Å². The number of benzene rings is 19. The van der Waals surface area contributed by atoms with E-state index in [1.165, 1.54) is 116 Å². The Hall–Kier alpha value is -16.6. The van der Waals surface area contributed by atoms with E-state index in [0.29, 0.717) is 29.0 Å². The van der Waals surface area contributed by atoms with Gasteiger partial charge in [0.2, 0.25) is 5.95 Å². The Morgan fingerprint density at radius 2 is 0.852 bits per heavy atom. The van der Waals surface area contributed by atoms with Crippen LogP contribution in [0.2, 0.25) is 0 Å². The first-order valence-electron chi connectivity index (χ1n) is 50.8. The van der Waals surface area contributed by atoms with Crippen LogP contribution in [0.25, 0.3) is 216 Å². The minimum atomic E-state index is -0.319. The molecular weight excluding hydrogens is 1990 g/mol. The van der Waals surface area contributed by atoms with E-state index >= 15 is 0 Å². The summed E-state index contributed by atoms with van der Waals surface area (Å²) in [4.78, 5) is 41.0. The number of imidazole rings is 1. The van der Waals surface area contributed by atoms with Crippen LogP contribution in [0, 0.1) is 31.2 Å². The number of para-hydroxylation sites is 7. The second-order valence-corrected chi connectivity index (χ2v) is 38.4. The van der Waals surface area contributed by atoms with Crippen LogP contribution in [-0.2, 0) is 24.9 Å². The Morgan fingerprint density at radius 3 is 1.42 bits per heavy atom. The summed E-state index contributed by atoms with van der Waals surface area (Å²) in [6, 6.07) is 153. The standard InChI is InChI=1S/C53H34N2.C39H25N5.C20H20N.C14H26O2.C9H7NO.Ir.Li/c1-2-16-44(17-3-1)55-50-21-11-10-20-49(50)54-53(55)38-26-22-37(23-27-38)41-30-31-47-48(34-41)52(43-29-25-36-13-5-7-15-40(36)33-43)46-19-9-8-18-45(46)51(47)42-28-24-35-12-4-6-14-39(35)32-42;1-4-14-26(15-5-1)37-40-38(27-16-6-2-7-17-27)42-39(41-37)44-34-23-13-11-21-30(34)32-25-24-31-29-20-10-12-22-33(29)43(35(31)36(32)44)28-18-8-3-9-19-28;1-13(2)16-5-6-19-17(12-16)7-8-21-20(19)18-10-14(3)9-15(4)11-18;1-6-11(7-2)12(15)10-13(16)14(5,8-3)9-4;11-8-5-1-3-7-4-2-6-10-9(7)8;;/h1-34H;1-25H;5-10,12-13H,1-4H3;10-11,15H,6-9H2,1-5H3;1-6,11H;;/q;;-1;;;;+1/p-1. The van der Waals surface area contributed by atoms with E-state index in [-0.39, 0.29) is 67.6 Å². The Labute approximate surface area is 894 Å². The molecule has 0 saturated carbocycles. The molecule has 25 rings (SSSR count). The van der Waals surface area contributed by atoms with Gasteiger partial charge in [0.25, 0.3) is 0 Å². The minimum absolute atomic E-state index is 0. The molecule has 0 aliphatic rings. The van der Waals surface area contributed by atoms with Gasteiger partial charge in [-0.1, -0.05) is 402 Å². The van der Waals surface area contributed by atoms with Crippen LogP contribution in [0.1, 0.15) is 96.8 Å². The van der Waals surface area contributed by atoms with Gasteiger partial charge in [-0.2, -0.15) is 9.97 Å². The van der Waals surface area contributed by atoms with Crippen molar-refractivity contribution < 1.29 is 54.0 Å². The zero-order valence-corrected chi connectivity index (χ0v) is 87.6. The molecule has 0 saturated heterocycles. The third-order valence-electron chi connectivity index (χ3n) is 28.8. The molecule has 1 radical (unpaired) electrons. The summed E-state index contributed by atoms with van der Waals surface area (Å²) in [6.07, 6.45) is 8.36. The maximum Gasteiger partial charge on any atom is 1.00 e. The van der Waals surface area contributed by atoms with Gasteiger partial charge in [-0.15, -0.1) is 34.9 Å². The van der Waals surface area contributed by atoms with Gasteiger partial charge in [0.15, 0.2) is 17.4 Å². The molecule has 725 valence electrons. The fourth-order valence-corrected chi connectivity index (χ4v) is 20.6. The Kier molecular flexibility index (Phi) is 30.3. The number of ketones is 1. The van der Waals surface area contributed by atoms with Gasteiger partial charge >= 0.3 is 18.9 Å². The normalized spacial score (nSPS) is 11.5. The summed E-state index contributed by atoms with van der Waals surface area (Å²) in [5, 5.41) is 39.0. The maximum atomic E-state index is 12.0. The van der Waals surface area contributed by atoms with Crippen molar-refractivity contribution in [3.63, 3.8) is 0 Å². The fraction of sp³-hybridized carbons (Fsp3) is 0.119. The summed E-state index contributed by atoms with van der Waals surface area (Å²) >= 11 is 0. The van der Waals surface area contributed by atoms with Crippen LogP contribution in [0.3, 0.4) is 0 Å². The number of fused-ring (bicyclic) bond motifs is 14. The zero-order valence-electron chi connectivity index (χ0n) is 85.3. The molecule has 0 aliphatic heterocycles. The number of allylic oxidation sites excluding steroid dienone is 2. The number of aryl methyl sites for hydroxylation is 2. The van der Waals surface area contributed by atoms with E-state index in [4.69, 9.17) is 19.9 Å². The molecule has 0 bridgehead atoms. The van der Waals surface area contributed by atoms with E-state index in [1.54, 1.807) is 12.3 Å². The molecule has 12 nitrogen and oxygen atoms in total. The van der Waals surface area contributed by atoms with Crippen molar-refractivity contribution >= 4 is 125 Å². The average Bonchev–Trinajstić information content (AvgIpc) is 1.67. The molecule has 19 aromatic carbocycles. The summed E-state index contributed by atoms with van der Waals surface area (Å²) in [5.41, 5.74) is 25.0. The third-order valence-corrected chi connectivity index (χ3v) is 28.8. The average molecular weight is 2110 g/mol. The number of aromatic nitrogens is 9. The summed E-state index contributed by atoms with van der Waals surface area (Å²) in [7, 11) is 0. The number of hydrogen-bond acceptors (Lipinski definition) is 9. The number of rotatable bonds is 18. The second kappa shape index (κ2) is 44.8. The third kappa shape index (κ3) is 20.5. The largest absolute Gasteiger partial charge is 1.00 e. The minimum Gasteiger partial charge on any atom is -0.871 e. The van der Waals surface area contributed by atoms with Gasteiger partial charge < -0.3 is 19.8 Å². The molecule has 25 aromatic rings. The molecule has 6 aromatic heterocycles. The molecule has 0 amide bonds. The number of aliphatic hydroxyl groups is 1. The first-order valence-corrected chi connectivity index (χ1v) is 50.8. The van der Waals surface area contributed by atoms with Crippen molar-refractivity contribution in [2.45, 2.75) is 93.9 Å². The molecule has 0 atom stereocenters. The maximum absolute atomic E-state index is 12.0. The van der Waals surface area contributed by atoms with Gasteiger partial charge in [0.1, 0.15) is 5.82 Å². The van der Waals surface area contributed by atoms with Gasteiger partial charge in [-0.05, 0) is 214 Å². The molecule has 0 fully saturated rings. The monoisotopic (exact) mass is 2110 g/mol. The number of carbonyl (C=O) groups is 1. The molecule has 0 spiro atoms. The fourth-order valence-electron chi connectivity index (χ4n) is 20.6. The topological polar surface area (TPSA) is 152 Å². The van der Waals surface area contributed by atoms with Crippen LogP contribution in [0.4, 0.5) is 0 Å². The molecule has 149 heavy (non-hydrogen) atoms. The molecule has 0 unspecified atom stereocenters. The van der Waals surface area contributed by atoms with Crippen molar-refractivity contribution in [1.82, 2.24) is 43.6 Å². The van der Waals surface area contributed by atoms with E-state index in [1.807, 2.05) is 120 Å². The van der Waals surface area contributed by atoms with Gasteiger partial charge in [0, 0.05) is 99.5 Å². The van der Waals surface area contributed by atoms with Gasteiger partial charge in [-0.3, -0.25) is 18.9 Å². The number of aliphatic hydroxyl groups excluding tert-OH is 1. The summed E-state index contributed by atoms with van der Waals surface area (Å²) in [6.45, 7) is 18.7. The predicted octanol–water partition coefficient (Wildman–Crippen LogP) is 31.7. The Balaban J connectivity index is 0.000000131. The summed E-state index contributed by atoms with van der Waals surface area (Å²) < 4.78 is 6.86. The smallest absolute Gasteiger partial charge is 0.871 e.